The van der Waals surface area contributed by atoms with E-state index in [-0.39, 0.29) is 5.97 Å². The fourth-order valence-corrected chi connectivity index (χ4v) is 7.67. The smallest absolute Gasteiger partial charge is 0.354 e. The maximum Gasteiger partial charge on any atom is 0.354 e. The van der Waals surface area contributed by atoms with Gasteiger partial charge in [-0.2, -0.15) is 5.10 Å². The topological polar surface area (TPSA) is 94.2 Å². The van der Waals surface area contributed by atoms with Crippen LogP contribution in [-0.4, -0.2) is 52.5 Å². The molecule has 5 aromatic rings. The average Bonchev–Trinajstić information content (AvgIpc) is 3.51. The van der Waals surface area contributed by atoms with Crippen molar-refractivity contribution in [3.63, 3.8) is 0 Å². The second-order valence-corrected chi connectivity index (χ2v) is 13.3. The molecule has 0 fully saturated rings. The van der Waals surface area contributed by atoms with Gasteiger partial charge in [0.15, 0.2) is 0 Å². The molecule has 0 aliphatic carbocycles. The van der Waals surface area contributed by atoms with Crippen LogP contribution in [0.5, 0.6) is 5.75 Å². The molecule has 3 aromatic carbocycles. The molecule has 47 heavy (non-hydrogen) atoms. The molecule has 0 radical (unpaired) electrons. The number of nitrogens with zero attached hydrogens (tertiary/aromatic N) is 3. The van der Waals surface area contributed by atoms with Crippen molar-refractivity contribution in [2.75, 3.05) is 26.5 Å². The van der Waals surface area contributed by atoms with Crippen LogP contribution in [0.2, 0.25) is 5.02 Å². The summed E-state index contributed by atoms with van der Waals surface area (Å²) in [5.41, 5.74) is 8.68. The molecular weight excluding hydrogens is 630 g/mol. The van der Waals surface area contributed by atoms with E-state index in [1.54, 1.807) is 11.8 Å². The molecule has 0 atom stereocenters. The average molecular weight is 670 g/mol. The fraction of sp³-hybridized carbons (Fsp3) is 0.324. The van der Waals surface area contributed by atoms with Crippen molar-refractivity contribution in [3.05, 3.63) is 93.5 Å². The number of nitrogens with one attached hydrogen (secondary N) is 2. The number of ether oxygens (including phenoxy) is 2. The van der Waals surface area contributed by atoms with Crippen LogP contribution < -0.4 is 10.1 Å². The zero-order chi connectivity index (χ0) is 33.2. The molecule has 2 N–H and O–H groups in total. The highest BCUT2D eigenvalue weighted by Gasteiger charge is 2.27. The van der Waals surface area contributed by atoms with Crippen LogP contribution >= 0.6 is 23.4 Å². The predicted octanol–water partition coefficient (Wildman–Crippen LogP) is 8.02. The second kappa shape index (κ2) is 13.9. The van der Waals surface area contributed by atoms with Crippen LogP contribution in [0.4, 0.5) is 0 Å². The van der Waals surface area contributed by atoms with Crippen LogP contribution in [0, 0.1) is 19.3 Å². The minimum atomic E-state index is -0.388. The van der Waals surface area contributed by atoms with E-state index in [4.69, 9.17) is 31.6 Å². The van der Waals surface area contributed by atoms with Crippen LogP contribution in [0.15, 0.2) is 60.3 Å². The van der Waals surface area contributed by atoms with Crippen LogP contribution in [0.3, 0.4) is 0 Å². The molecule has 6 bridgehead atoms. The Morgan fingerprint density at radius 3 is 2.70 bits per heavy atom. The van der Waals surface area contributed by atoms with Crippen molar-refractivity contribution in [1.82, 2.24) is 19.7 Å². The Kier molecular flexibility index (Phi) is 9.66. The molecule has 244 valence electrons. The summed E-state index contributed by atoms with van der Waals surface area (Å²) in [4.78, 5) is 13.3. The van der Waals surface area contributed by atoms with E-state index >= 15 is 0 Å². The molecule has 1 aliphatic rings. The van der Waals surface area contributed by atoms with Gasteiger partial charge in [0, 0.05) is 81.7 Å². The van der Waals surface area contributed by atoms with Crippen LogP contribution in [-0.2, 0) is 30.5 Å². The van der Waals surface area contributed by atoms with Gasteiger partial charge < -0.3 is 24.8 Å². The number of esters is 1. The van der Waals surface area contributed by atoms with Crippen molar-refractivity contribution in [3.8, 4) is 16.9 Å². The second-order valence-electron chi connectivity index (χ2n) is 11.9. The van der Waals surface area contributed by atoms with E-state index < -0.39 is 0 Å². The Morgan fingerprint density at radius 1 is 1.11 bits per heavy atom. The standard InChI is InChI=1S/C37H40ClN5O3S/c1-22-33-31-14-13-29(38)35(33)34-23(2)42(4)41-30(34)21-47-20-26(39)19-27(40-3)12-11-24-17-25-9-6-7-10-28(25)32(18-24)46-16-8-15-43(31)36(22)37(44)45-5/h6-7,9-10,13-14,17-19,39-40H,8,11-12,15-16,20-21H2,1-5H3/b27-19-,39-26?. The van der Waals surface area contributed by atoms with Gasteiger partial charge >= 0.3 is 5.97 Å². The van der Waals surface area contributed by atoms with Gasteiger partial charge in [-0.3, -0.25) is 4.68 Å². The quantitative estimate of drug-likeness (QED) is 0.185. The minimum Gasteiger partial charge on any atom is -0.493 e. The molecule has 0 spiro atoms. The van der Waals surface area contributed by atoms with Crippen LogP contribution in [0.1, 0.15) is 45.8 Å². The maximum absolute atomic E-state index is 13.3. The van der Waals surface area contributed by atoms with Gasteiger partial charge in [-0.25, -0.2) is 4.79 Å². The first-order valence-corrected chi connectivity index (χ1v) is 17.4. The number of rotatable bonds is 2. The Labute approximate surface area is 284 Å². The summed E-state index contributed by atoms with van der Waals surface area (Å²) in [7, 11) is 5.27. The maximum atomic E-state index is 13.3. The number of hydrogen-bond acceptors (Lipinski definition) is 7. The van der Waals surface area contributed by atoms with Crippen molar-refractivity contribution in [2.45, 2.75) is 45.4 Å². The number of halogens is 1. The molecule has 3 heterocycles. The lowest BCUT2D eigenvalue weighted by Crippen LogP contribution is -2.13. The summed E-state index contributed by atoms with van der Waals surface area (Å²) in [5.74, 6) is 1.60. The number of aryl methyl sites for hydroxylation is 4. The lowest BCUT2D eigenvalue weighted by Gasteiger charge is -2.14. The minimum absolute atomic E-state index is 0.388. The van der Waals surface area contributed by atoms with Crippen molar-refractivity contribution in [1.29, 1.82) is 5.41 Å². The largest absolute Gasteiger partial charge is 0.493 e. The number of carbonyl (C=O) groups excluding carboxylic acids is 1. The summed E-state index contributed by atoms with van der Waals surface area (Å²) >= 11 is 8.67. The van der Waals surface area contributed by atoms with Gasteiger partial charge in [0.05, 0.1) is 19.4 Å². The number of allylic oxidation sites excluding steroid dienone is 2. The summed E-state index contributed by atoms with van der Waals surface area (Å²) < 4.78 is 15.7. The molecule has 0 amide bonds. The number of benzene rings is 3. The van der Waals surface area contributed by atoms with Crippen molar-refractivity contribution < 1.29 is 14.3 Å². The Hall–Kier alpha value is -4.21. The summed E-state index contributed by atoms with van der Waals surface area (Å²) in [6.45, 7) is 5.03. The molecule has 0 saturated heterocycles. The van der Waals surface area contributed by atoms with Gasteiger partial charge in [-0.1, -0.05) is 41.9 Å². The Morgan fingerprint density at radius 2 is 1.91 bits per heavy atom. The first kappa shape index (κ1) is 32.7. The van der Waals surface area contributed by atoms with Gasteiger partial charge in [0.2, 0.25) is 0 Å². The van der Waals surface area contributed by atoms with Crippen LogP contribution in [0.25, 0.3) is 32.8 Å². The SMILES string of the molecule is CN/C1=C\C(=N)CSCc2nn(C)c(C)c2-c2c(Cl)ccc3c2c(C)c(C(=O)OC)n3CCCOc2cc(cc3ccccc23)CC1. The van der Waals surface area contributed by atoms with E-state index in [1.807, 2.05) is 67.5 Å². The number of thioether (sulfide) groups is 1. The van der Waals surface area contributed by atoms with E-state index in [1.165, 1.54) is 12.7 Å². The number of hydrogen-bond donors (Lipinski definition) is 2. The first-order valence-electron chi connectivity index (χ1n) is 15.8. The molecule has 2 aromatic heterocycles. The molecule has 1 aliphatic heterocycles. The zero-order valence-electron chi connectivity index (χ0n) is 27.5. The normalized spacial score (nSPS) is 15.9. The lowest BCUT2D eigenvalue weighted by atomic mass is 9.97. The van der Waals surface area contributed by atoms with Crippen molar-refractivity contribution >= 4 is 56.7 Å². The molecule has 10 heteroatoms. The Bertz CT molecular complexity index is 2040. The van der Waals surface area contributed by atoms with Gasteiger partial charge in [0.1, 0.15) is 11.4 Å². The lowest BCUT2D eigenvalue weighted by molar-refractivity contribution is 0.0587. The Balaban J connectivity index is 1.48. The number of aromatic nitrogens is 3. The van der Waals surface area contributed by atoms with Gasteiger partial charge in [-0.05, 0) is 73.9 Å². The molecule has 0 saturated carbocycles. The van der Waals surface area contributed by atoms with E-state index in [9.17, 15) is 4.79 Å². The summed E-state index contributed by atoms with van der Waals surface area (Å²) in [6.07, 6.45) is 4.20. The monoisotopic (exact) mass is 669 g/mol. The van der Waals surface area contributed by atoms with Gasteiger partial charge in [0.25, 0.3) is 0 Å². The number of methoxy groups -OCH3 is 1. The third-order valence-electron chi connectivity index (χ3n) is 8.97. The van der Waals surface area contributed by atoms with E-state index in [0.717, 1.165) is 74.0 Å². The van der Waals surface area contributed by atoms with E-state index in [2.05, 4.69) is 29.6 Å². The highest BCUT2D eigenvalue weighted by atomic mass is 35.5. The first-order chi connectivity index (χ1) is 22.7. The third kappa shape index (κ3) is 6.39. The predicted molar refractivity (Wildman–Crippen MR) is 193 cm³/mol. The fourth-order valence-electron chi connectivity index (χ4n) is 6.61. The zero-order valence-corrected chi connectivity index (χ0v) is 29.1. The highest BCUT2D eigenvalue weighted by molar-refractivity contribution is 7.99. The molecular formula is C37H40ClN5O3S. The molecule has 6 rings (SSSR count). The van der Waals surface area contributed by atoms with Crippen molar-refractivity contribution in [2.24, 2.45) is 7.05 Å². The summed E-state index contributed by atoms with van der Waals surface area (Å²) in [6, 6.07) is 16.5. The third-order valence-corrected chi connectivity index (χ3v) is 10.3. The van der Waals surface area contributed by atoms with Gasteiger partial charge in [-0.15, -0.1) is 11.8 Å². The number of carbonyl (C=O) groups is 1. The molecule has 8 nitrogen and oxygen atoms in total. The summed E-state index contributed by atoms with van der Waals surface area (Å²) in [5, 5.41) is 20.6. The molecule has 0 unspecified atom stereocenters. The van der Waals surface area contributed by atoms with E-state index in [0.29, 0.717) is 47.5 Å². The highest BCUT2D eigenvalue weighted by Crippen LogP contribution is 2.43. The number of fused-ring (bicyclic) bond motifs is 6.